The van der Waals surface area contributed by atoms with Crippen LogP contribution in [0.15, 0.2) is 12.1 Å². The van der Waals surface area contributed by atoms with Gasteiger partial charge >= 0.3 is 12.1 Å². The number of ether oxygens (including phenoxy) is 1. The molecule has 6 nitrogen and oxygen atoms in total. The minimum absolute atomic E-state index is 0.0156. The first-order valence-corrected chi connectivity index (χ1v) is 7.97. The molecule has 8 heteroatoms. The van der Waals surface area contributed by atoms with Crippen molar-refractivity contribution >= 4 is 17.7 Å². The third-order valence-corrected chi connectivity index (χ3v) is 3.89. The lowest BCUT2D eigenvalue weighted by Crippen LogP contribution is -2.55. The van der Waals surface area contributed by atoms with Crippen LogP contribution >= 0.6 is 0 Å². The maximum atomic E-state index is 14.2. The maximum absolute atomic E-state index is 14.2. The third-order valence-electron chi connectivity index (χ3n) is 3.89. The molecule has 2 rings (SSSR count). The Labute approximate surface area is 145 Å². The monoisotopic (exact) mass is 356 g/mol. The number of carbonyl (C=O) groups is 2. The van der Waals surface area contributed by atoms with Crippen molar-refractivity contribution in [1.82, 2.24) is 4.90 Å². The van der Waals surface area contributed by atoms with E-state index >= 15 is 0 Å². The van der Waals surface area contributed by atoms with Crippen molar-refractivity contribution in [1.29, 1.82) is 0 Å². The summed E-state index contributed by atoms with van der Waals surface area (Å²) in [6.45, 7) is 7.96. The molecule has 1 atom stereocenters. The molecular formula is C17H22F2N2O4. The Bertz CT molecular complexity index is 688. The van der Waals surface area contributed by atoms with Gasteiger partial charge in [-0.05, 0) is 39.8 Å². The van der Waals surface area contributed by atoms with E-state index in [9.17, 15) is 18.4 Å². The highest BCUT2D eigenvalue weighted by Crippen LogP contribution is 2.27. The second kappa shape index (κ2) is 6.85. The number of hydrogen-bond donors (Lipinski definition) is 1. The van der Waals surface area contributed by atoms with Gasteiger partial charge in [0.1, 0.15) is 5.60 Å². The van der Waals surface area contributed by atoms with Crippen LogP contribution in [0, 0.1) is 11.6 Å². The number of carboxylic acids is 1. The summed E-state index contributed by atoms with van der Waals surface area (Å²) >= 11 is 0. The number of aromatic carboxylic acids is 1. The zero-order valence-electron chi connectivity index (χ0n) is 14.7. The average Bonchev–Trinajstić information content (AvgIpc) is 2.47. The standard InChI is InChI=1S/C17H22F2N2O4/c1-10-9-20(7-8-21(10)16(24)25-17(2,3)4)12-6-5-11(15(22)23)13(18)14(12)19/h5-6,10H,7-9H2,1-4H3,(H,22,23)/t10-/m1/s1. The third kappa shape index (κ3) is 4.18. The number of anilines is 1. The number of carboxylic acid groups (broad SMARTS) is 1. The van der Waals surface area contributed by atoms with Gasteiger partial charge in [0.2, 0.25) is 0 Å². The summed E-state index contributed by atoms with van der Waals surface area (Å²) in [5, 5.41) is 8.84. The molecule has 1 N–H and O–H groups in total. The van der Waals surface area contributed by atoms with E-state index in [1.165, 1.54) is 6.07 Å². The SMILES string of the molecule is C[C@@H]1CN(c2ccc(C(=O)O)c(F)c2F)CCN1C(=O)OC(C)(C)C. The number of amides is 1. The number of halogens is 2. The average molecular weight is 356 g/mol. The van der Waals surface area contributed by atoms with Crippen LogP contribution in [0.2, 0.25) is 0 Å². The highest BCUT2D eigenvalue weighted by molar-refractivity contribution is 5.88. The minimum Gasteiger partial charge on any atom is -0.478 e. The molecule has 1 heterocycles. The highest BCUT2D eigenvalue weighted by Gasteiger charge is 2.32. The molecule has 0 aromatic heterocycles. The van der Waals surface area contributed by atoms with Crippen molar-refractivity contribution in [3.63, 3.8) is 0 Å². The normalized spacial score (nSPS) is 18.2. The molecule has 1 aliphatic heterocycles. The second-order valence-electron chi connectivity index (χ2n) is 7.03. The molecule has 0 bridgehead atoms. The van der Waals surface area contributed by atoms with Gasteiger partial charge in [-0.15, -0.1) is 0 Å². The van der Waals surface area contributed by atoms with E-state index in [2.05, 4.69) is 0 Å². The lowest BCUT2D eigenvalue weighted by atomic mass is 10.1. The van der Waals surface area contributed by atoms with Gasteiger partial charge < -0.3 is 19.6 Å². The van der Waals surface area contributed by atoms with Gasteiger partial charge in [-0.1, -0.05) is 0 Å². The molecule has 0 unspecified atom stereocenters. The quantitative estimate of drug-likeness (QED) is 0.882. The molecule has 0 radical (unpaired) electrons. The lowest BCUT2D eigenvalue weighted by Gasteiger charge is -2.41. The van der Waals surface area contributed by atoms with Gasteiger partial charge in [0.15, 0.2) is 11.6 Å². The maximum Gasteiger partial charge on any atom is 0.410 e. The van der Waals surface area contributed by atoms with Gasteiger partial charge in [-0.3, -0.25) is 0 Å². The first-order valence-electron chi connectivity index (χ1n) is 7.97. The number of benzene rings is 1. The molecular weight excluding hydrogens is 334 g/mol. The van der Waals surface area contributed by atoms with Crippen molar-refractivity contribution < 1.29 is 28.2 Å². The molecule has 1 aliphatic rings. The van der Waals surface area contributed by atoms with Crippen LogP contribution in [0.5, 0.6) is 0 Å². The predicted octanol–water partition coefficient (Wildman–Crippen LogP) is 3.11. The summed E-state index contributed by atoms with van der Waals surface area (Å²) in [4.78, 5) is 26.2. The zero-order chi connectivity index (χ0) is 18.9. The number of nitrogens with zero attached hydrogens (tertiary/aromatic N) is 2. The van der Waals surface area contributed by atoms with Crippen molar-refractivity contribution in [2.75, 3.05) is 24.5 Å². The molecule has 1 fully saturated rings. The molecule has 1 aromatic rings. The van der Waals surface area contributed by atoms with Gasteiger partial charge in [0, 0.05) is 25.7 Å². The molecule has 1 aromatic carbocycles. The van der Waals surface area contributed by atoms with E-state index in [4.69, 9.17) is 9.84 Å². The van der Waals surface area contributed by atoms with Crippen molar-refractivity contribution in [2.24, 2.45) is 0 Å². The molecule has 1 amide bonds. The summed E-state index contributed by atoms with van der Waals surface area (Å²) in [5.74, 6) is -4.10. The molecule has 0 saturated carbocycles. The van der Waals surface area contributed by atoms with E-state index < -0.39 is 34.9 Å². The molecule has 0 spiro atoms. The Morgan fingerprint density at radius 3 is 2.36 bits per heavy atom. The second-order valence-corrected chi connectivity index (χ2v) is 7.03. The van der Waals surface area contributed by atoms with Gasteiger partial charge in [0.05, 0.1) is 11.3 Å². The van der Waals surface area contributed by atoms with Crippen molar-refractivity contribution in [3.05, 3.63) is 29.3 Å². The van der Waals surface area contributed by atoms with Gasteiger partial charge in [-0.25, -0.2) is 18.4 Å². The van der Waals surface area contributed by atoms with E-state index in [0.29, 0.717) is 0 Å². The smallest absolute Gasteiger partial charge is 0.410 e. The van der Waals surface area contributed by atoms with Crippen LogP contribution in [-0.2, 0) is 4.74 Å². The number of rotatable bonds is 2. The van der Waals surface area contributed by atoms with Crippen LogP contribution in [0.1, 0.15) is 38.1 Å². The van der Waals surface area contributed by atoms with Crippen molar-refractivity contribution in [3.8, 4) is 0 Å². The Balaban J connectivity index is 2.15. The summed E-state index contributed by atoms with van der Waals surface area (Å²) in [6, 6.07) is 2.02. The minimum atomic E-state index is -1.52. The molecule has 1 saturated heterocycles. The number of piperazine rings is 1. The van der Waals surface area contributed by atoms with Crippen LogP contribution < -0.4 is 4.90 Å². The topological polar surface area (TPSA) is 70.1 Å². The summed E-state index contributed by atoms with van der Waals surface area (Å²) in [7, 11) is 0. The van der Waals surface area contributed by atoms with Gasteiger partial charge in [-0.2, -0.15) is 0 Å². The fourth-order valence-corrected chi connectivity index (χ4v) is 2.72. The largest absolute Gasteiger partial charge is 0.478 e. The Kier molecular flexibility index (Phi) is 5.20. The Morgan fingerprint density at radius 1 is 1.20 bits per heavy atom. The number of carbonyl (C=O) groups excluding carboxylic acids is 1. The predicted molar refractivity (Wildman–Crippen MR) is 87.9 cm³/mol. The van der Waals surface area contributed by atoms with Gasteiger partial charge in [0.25, 0.3) is 0 Å². The van der Waals surface area contributed by atoms with Crippen LogP contribution in [0.25, 0.3) is 0 Å². The molecule has 138 valence electrons. The van der Waals surface area contributed by atoms with Crippen LogP contribution in [-0.4, -0.2) is 53.3 Å². The Morgan fingerprint density at radius 2 is 1.84 bits per heavy atom. The first-order chi connectivity index (χ1) is 11.5. The molecule has 25 heavy (non-hydrogen) atoms. The highest BCUT2D eigenvalue weighted by atomic mass is 19.2. The zero-order valence-corrected chi connectivity index (χ0v) is 14.7. The summed E-state index contributed by atoms with van der Waals surface area (Å²) in [5.41, 5.74) is -1.34. The summed E-state index contributed by atoms with van der Waals surface area (Å²) < 4.78 is 33.5. The van der Waals surface area contributed by atoms with Crippen molar-refractivity contribution in [2.45, 2.75) is 39.3 Å². The fraction of sp³-hybridized carbons (Fsp3) is 0.529. The van der Waals surface area contributed by atoms with Crippen LogP contribution in [0.3, 0.4) is 0 Å². The number of hydrogen-bond acceptors (Lipinski definition) is 4. The Hall–Kier alpha value is -2.38. The first kappa shape index (κ1) is 19.0. The van der Waals surface area contributed by atoms with E-state index in [1.54, 1.807) is 37.5 Å². The fourth-order valence-electron chi connectivity index (χ4n) is 2.72. The van der Waals surface area contributed by atoms with E-state index in [1.807, 2.05) is 0 Å². The van der Waals surface area contributed by atoms with E-state index in [-0.39, 0.29) is 31.4 Å². The lowest BCUT2D eigenvalue weighted by molar-refractivity contribution is 0.0158. The van der Waals surface area contributed by atoms with E-state index in [0.717, 1.165) is 6.07 Å². The molecule has 0 aliphatic carbocycles. The van der Waals surface area contributed by atoms with Crippen LogP contribution in [0.4, 0.5) is 19.3 Å². The summed E-state index contributed by atoms with van der Waals surface area (Å²) in [6.07, 6.45) is -0.451.